The van der Waals surface area contributed by atoms with E-state index in [1.165, 1.54) is 0 Å². The molecule has 0 aromatic heterocycles. The molecular formula is C10H21NO2S. The summed E-state index contributed by atoms with van der Waals surface area (Å²) >= 11 is 0. The Morgan fingerprint density at radius 2 is 1.86 bits per heavy atom. The Labute approximate surface area is 87.0 Å². The minimum atomic E-state index is -2.91. The maximum atomic E-state index is 11.8. The van der Waals surface area contributed by atoms with Crippen molar-refractivity contribution in [2.24, 2.45) is 17.6 Å². The molecule has 0 aliphatic heterocycles. The van der Waals surface area contributed by atoms with Crippen molar-refractivity contribution in [1.82, 2.24) is 0 Å². The lowest BCUT2D eigenvalue weighted by Gasteiger charge is -2.31. The van der Waals surface area contributed by atoms with Crippen LogP contribution in [-0.4, -0.2) is 26.0 Å². The van der Waals surface area contributed by atoms with Gasteiger partial charge < -0.3 is 5.73 Å². The molecule has 1 fully saturated rings. The molecule has 4 heteroatoms. The molecule has 1 aliphatic rings. The van der Waals surface area contributed by atoms with Gasteiger partial charge in [-0.3, -0.25) is 0 Å². The molecule has 0 amide bonds. The number of rotatable bonds is 3. The van der Waals surface area contributed by atoms with Crippen LogP contribution >= 0.6 is 0 Å². The van der Waals surface area contributed by atoms with Gasteiger partial charge in [-0.1, -0.05) is 13.8 Å². The van der Waals surface area contributed by atoms with Gasteiger partial charge in [-0.05, 0) is 31.1 Å². The molecule has 1 saturated carbocycles. The first-order valence-corrected chi connectivity index (χ1v) is 7.10. The van der Waals surface area contributed by atoms with E-state index in [1.54, 1.807) is 0 Å². The molecular weight excluding hydrogens is 198 g/mol. The van der Waals surface area contributed by atoms with Crippen LogP contribution in [0.5, 0.6) is 0 Å². The van der Waals surface area contributed by atoms with Gasteiger partial charge in [-0.25, -0.2) is 8.42 Å². The van der Waals surface area contributed by atoms with E-state index in [2.05, 4.69) is 13.8 Å². The number of hydrogen-bond donors (Lipinski definition) is 1. The Balaban J connectivity index is 2.63. The summed E-state index contributed by atoms with van der Waals surface area (Å²) in [4.78, 5) is 0. The minimum absolute atomic E-state index is 0.128. The zero-order chi connectivity index (χ0) is 10.8. The fraction of sp³-hybridized carbons (Fsp3) is 1.00. The van der Waals surface area contributed by atoms with E-state index >= 15 is 0 Å². The molecule has 0 radical (unpaired) electrons. The molecule has 0 heterocycles. The standard InChI is InChI=1S/C10H21NO2S/c1-8-3-4-10(7-9(8)2)14(12,13)6-5-11/h8-10H,3-7,11H2,1-2H3. The predicted molar refractivity (Wildman–Crippen MR) is 58.8 cm³/mol. The SMILES string of the molecule is CC1CCC(S(=O)(=O)CCN)CC1C. The molecule has 1 rings (SSSR count). The van der Waals surface area contributed by atoms with Crippen LogP contribution in [0.1, 0.15) is 33.1 Å². The lowest BCUT2D eigenvalue weighted by Crippen LogP contribution is -2.34. The second-order valence-electron chi connectivity index (χ2n) is 4.55. The fourth-order valence-electron chi connectivity index (χ4n) is 2.16. The van der Waals surface area contributed by atoms with E-state index < -0.39 is 9.84 Å². The van der Waals surface area contributed by atoms with Crippen molar-refractivity contribution in [1.29, 1.82) is 0 Å². The van der Waals surface area contributed by atoms with Crippen molar-refractivity contribution in [2.45, 2.75) is 38.4 Å². The molecule has 0 aromatic rings. The van der Waals surface area contributed by atoms with Crippen molar-refractivity contribution in [2.75, 3.05) is 12.3 Å². The van der Waals surface area contributed by atoms with Crippen LogP contribution in [0.25, 0.3) is 0 Å². The average Bonchev–Trinajstić information content (AvgIpc) is 2.09. The zero-order valence-electron chi connectivity index (χ0n) is 9.07. The summed E-state index contributed by atoms with van der Waals surface area (Å²) in [7, 11) is -2.91. The van der Waals surface area contributed by atoms with E-state index in [0.717, 1.165) is 19.3 Å². The van der Waals surface area contributed by atoms with Gasteiger partial charge in [0.25, 0.3) is 0 Å². The Hall–Kier alpha value is -0.0900. The van der Waals surface area contributed by atoms with Crippen LogP contribution in [0.3, 0.4) is 0 Å². The minimum Gasteiger partial charge on any atom is -0.329 e. The van der Waals surface area contributed by atoms with Gasteiger partial charge in [0.1, 0.15) is 0 Å². The van der Waals surface area contributed by atoms with Crippen molar-refractivity contribution >= 4 is 9.84 Å². The van der Waals surface area contributed by atoms with Crippen molar-refractivity contribution in [3.05, 3.63) is 0 Å². The molecule has 14 heavy (non-hydrogen) atoms. The van der Waals surface area contributed by atoms with E-state index in [1.807, 2.05) is 0 Å². The lowest BCUT2D eigenvalue weighted by atomic mass is 9.81. The average molecular weight is 219 g/mol. The van der Waals surface area contributed by atoms with Gasteiger partial charge in [0.05, 0.1) is 11.0 Å². The van der Waals surface area contributed by atoms with E-state index in [0.29, 0.717) is 11.8 Å². The maximum absolute atomic E-state index is 11.8. The van der Waals surface area contributed by atoms with Gasteiger partial charge in [-0.15, -0.1) is 0 Å². The molecule has 84 valence electrons. The van der Waals surface area contributed by atoms with E-state index in [9.17, 15) is 8.42 Å². The van der Waals surface area contributed by atoms with Crippen LogP contribution in [0.2, 0.25) is 0 Å². The highest BCUT2D eigenvalue weighted by atomic mass is 32.2. The topological polar surface area (TPSA) is 60.2 Å². The molecule has 1 aliphatic carbocycles. The second-order valence-corrected chi connectivity index (χ2v) is 6.95. The molecule has 0 bridgehead atoms. The smallest absolute Gasteiger partial charge is 0.154 e. The number of sulfone groups is 1. The number of hydrogen-bond acceptors (Lipinski definition) is 3. The Morgan fingerprint density at radius 1 is 1.21 bits per heavy atom. The summed E-state index contributed by atoms with van der Waals surface area (Å²) in [5, 5.41) is -0.128. The van der Waals surface area contributed by atoms with Crippen LogP contribution in [0.4, 0.5) is 0 Å². The van der Waals surface area contributed by atoms with E-state index in [4.69, 9.17) is 5.73 Å². The van der Waals surface area contributed by atoms with Gasteiger partial charge in [0, 0.05) is 6.54 Å². The van der Waals surface area contributed by atoms with Gasteiger partial charge in [0.15, 0.2) is 9.84 Å². The van der Waals surface area contributed by atoms with Gasteiger partial charge in [0.2, 0.25) is 0 Å². The van der Waals surface area contributed by atoms with Crippen LogP contribution in [0, 0.1) is 11.8 Å². The third-order valence-corrected chi connectivity index (χ3v) is 5.71. The van der Waals surface area contributed by atoms with Crippen molar-refractivity contribution in [3.63, 3.8) is 0 Å². The lowest BCUT2D eigenvalue weighted by molar-refractivity contribution is 0.278. The fourth-order valence-corrected chi connectivity index (χ4v) is 3.91. The number of nitrogens with two attached hydrogens (primary N) is 1. The highest BCUT2D eigenvalue weighted by molar-refractivity contribution is 7.92. The van der Waals surface area contributed by atoms with Crippen molar-refractivity contribution in [3.8, 4) is 0 Å². The summed E-state index contributed by atoms with van der Waals surface area (Å²) in [5.41, 5.74) is 5.30. The van der Waals surface area contributed by atoms with Gasteiger partial charge in [-0.2, -0.15) is 0 Å². The van der Waals surface area contributed by atoms with Crippen LogP contribution in [0.15, 0.2) is 0 Å². The summed E-state index contributed by atoms with van der Waals surface area (Å²) in [6.45, 7) is 4.61. The largest absolute Gasteiger partial charge is 0.329 e. The van der Waals surface area contributed by atoms with Crippen molar-refractivity contribution < 1.29 is 8.42 Å². The highest BCUT2D eigenvalue weighted by Gasteiger charge is 2.32. The third kappa shape index (κ3) is 2.70. The molecule has 0 aromatic carbocycles. The molecule has 3 nitrogen and oxygen atoms in total. The second kappa shape index (κ2) is 4.62. The van der Waals surface area contributed by atoms with Crippen LogP contribution < -0.4 is 5.73 Å². The summed E-state index contributed by atoms with van der Waals surface area (Å²) < 4.78 is 23.5. The first-order valence-electron chi connectivity index (χ1n) is 5.39. The Morgan fingerprint density at radius 3 is 2.36 bits per heavy atom. The monoisotopic (exact) mass is 219 g/mol. The van der Waals surface area contributed by atoms with E-state index in [-0.39, 0.29) is 17.5 Å². The molecule has 2 N–H and O–H groups in total. The maximum Gasteiger partial charge on any atom is 0.154 e. The van der Waals surface area contributed by atoms with Gasteiger partial charge >= 0.3 is 0 Å². The first kappa shape index (κ1) is 12.0. The summed E-state index contributed by atoms with van der Waals surface area (Å²) in [5.74, 6) is 1.35. The Kier molecular flexibility index (Phi) is 3.95. The molecule has 3 unspecified atom stereocenters. The normalized spacial score (nSPS) is 34.4. The quantitative estimate of drug-likeness (QED) is 0.775. The highest BCUT2D eigenvalue weighted by Crippen LogP contribution is 2.32. The first-order chi connectivity index (χ1) is 6.47. The molecule has 3 atom stereocenters. The zero-order valence-corrected chi connectivity index (χ0v) is 9.89. The third-order valence-electron chi connectivity index (χ3n) is 3.46. The molecule has 0 saturated heterocycles. The summed E-state index contributed by atoms with van der Waals surface area (Å²) in [6.07, 6.45) is 2.69. The Bertz CT molecular complexity index is 274. The predicted octanol–water partition coefficient (Wildman–Crippen LogP) is 1.18. The molecule has 0 spiro atoms. The van der Waals surface area contributed by atoms with Crippen LogP contribution in [-0.2, 0) is 9.84 Å². The summed E-state index contributed by atoms with van der Waals surface area (Å²) in [6, 6.07) is 0.